The third-order valence-corrected chi connectivity index (χ3v) is 13.6. The van der Waals surface area contributed by atoms with Crippen LogP contribution in [0.4, 0.5) is 0 Å². The van der Waals surface area contributed by atoms with E-state index in [1.165, 1.54) is 27.1 Å². The second-order valence-corrected chi connectivity index (χ2v) is 17.6. The molecule has 14 aromatic rings. The molecule has 0 N–H and O–H groups in total. The molecule has 0 saturated heterocycles. The molecule has 0 aliphatic rings. The van der Waals surface area contributed by atoms with E-state index in [1.807, 2.05) is 42.5 Å². The monoisotopic (exact) mass is 881 g/mol. The van der Waals surface area contributed by atoms with E-state index < -0.39 is 0 Å². The Hall–Kier alpha value is -9.39. The molecule has 4 heterocycles. The van der Waals surface area contributed by atoms with Crippen molar-refractivity contribution in [1.29, 1.82) is 0 Å². The van der Waals surface area contributed by atoms with Gasteiger partial charge in [0.25, 0.3) is 0 Å². The summed E-state index contributed by atoms with van der Waals surface area (Å²) >= 11 is 0. The van der Waals surface area contributed by atoms with Gasteiger partial charge >= 0.3 is 0 Å². The highest BCUT2D eigenvalue weighted by Crippen LogP contribution is 2.45. The summed E-state index contributed by atoms with van der Waals surface area (Å²) in [5, 5.41) is 6.82. The molecule has 6 heteroatoms. The molecule has 0 aliphatic heterocycles. The van der Waals surface area contributed by atoms with Gasteiger partial charge in [-0.1, -0.05) is 176 Å². The zero-order chi connectivity index (χ0) is 45.4. The van der Waals surface area contributed by atoms with E-state index in [-0.39, 0.29) is 0 Å². The highest BCUT2D eigenvalue weighted by molar-refractivity contribution is 6.14. The molecule has 6 nitrogen and oxygen atoms in total. The van der Waals surface area contributed by atoms with Crippen molar-refractivity contribution in [2.45, 2.75) is 0 Å². The second kappa shape index (κ2) is 15.6. The molecule has 0 saturated carbocycles. The number of para-hydroxylation sites is 4. The Morgan fingerprint density at radius 3 is 1.36 bits per heavy atom. The van der Waals surface area contributed by atoms with Gasteiger partial charge in [0.15, 0.2) is 17.5 Å². The number of benzene rings is 10. The minimum atomic E-state index is 0.560. The van der Waals surface area contributed by atoms with Crippen LogP contribution in [0.1, 0.15) is 0 Å². The van der Waals surface area contributed by atoms with Crippen LogP contribution in [0.2, 0.25) is 0 Å². The normalized spacial score (nSPS) is 11.8. The lowest BCUT2D eigenvalue weighted by Crippen LogP contribution is -2.02. The van der Waals surface area contributed by atoms with Crippen LogP contribution in [-0.4, -0.2) is 24.1 Å². The largest absolute Gasteiger partial charge is 0.455 e. The number of hydrogen-bond donors (Lipinski definition) is 0. The molecular weight excluding hydrogens is 843 g/mol. The predicted octanol–water partition coefficient (Wildman–Crippen LogP) is 16.3. The fourth-order valence-electron chi connectivity index (χ4n) is 10.4. The zero-order valence-electron chi connectivity index (χ0n) is 37.2. The maximum absolute atomic E-state index is 7.03. The number of nitrogens with zero attached hydrogens (tertiary/aromatic N) is 5. The molecule has 0 atom stereocenters. The standard InChI is InChI=1S/C63H39N5O/c1-4-18-40(19-5-1)43-32-34-49-48-26-12-14-28-55(48)67(58(49)36-43)44-33-35-51(63-65-61(41-20-6-2-7-21-41)64-62(66-63)42-22-8-3-9-23-42)52(37-44)54-39-45(38-53-50-27-13-17-31-59(50)69-60(53)54)68-56-29-15-10-24-46(56)47-25-11-16-30-57(47)68/h1-39H. The fraction of sp³-hybridized carbons (Fsp3) is 0. The molecule has 10 aromatic carbocycles. The summed E-state index contributed by atoms with van der Waals surface area (Å²) in [6.07, 6.45) is 0. The fourth-order valence-corrected chi connectivity index (χ4v) is 10.4. The van der Waals surface area contributed by atoms with Crippen molar-refractivity contribution >= 4 is 65.6 Å². The van der Waals surface area contributed by atoms with E-state index in [1.54, 1.807) is 0 Å². The average Bonchev–Trinajstić information content (AvgIpc) is 4.09. The summed E-state index contributed by atoms with van der Waals surface area (Å²) in [7, 11) is 0. The van der Waals surface area contributed by atoms with Gasteiger partial charge < -0.3 is 13.6 Å². The quantitative estimate of drug-likeness (QED) is 0.160. The highest BCUT2D eigenvalue weighted by atomic mass is 16.3. The van der Waals surface area contributed by atoms with Crippen molar-refractivity contribution in [2.24, 2.45) is 0 Å². The van der Waals surface area contributed by atoms with Gasteiger partial charge in [-0.15, -0.1) is 0 Å². The van der Waals surface area contributed by atoms with Crippen LogP contribution in [0, 0.1) is 0 Å². The topological polar surface area (TPSA) is 61.7 Å². The summed E-state index contributed by atoms with van der Waals surface area (Å²) in [6, 6.07) is 83.4. The molecule has 0 radical (unpaired) electrons. The van der Waals surface area contributed by atoms with Crippen molar-refractivity contribution < 1.29 is 4.42 Å². The third kappa shape index (κ3) is 6.30. The van der Waals surface area contributed by atoms with E-state index in [0.717, 1.165) is 88.8 Å². The van der Waals surface area contributed by atoms with Gasteiger partial charge in [-0.2, -0.15) is 0 Å². The highest BCUT2D eigenvalue weighted by Gasteiger charge is 2.24. The van der Waals surface area contributed by atoms with Gasteiger partial charge in [0, 0.05) is 65.9 Å². The van der Waals surface area contributed by atoms with E-state index in [2.05, 4.69) is 203 Å². The average molecular weight is 882 g/mol. The summed E-state index contributed by atoms with van der Waals surface area (Å²) in [5.74, 6) is 1.75. The molecule has 0 bridgehead atoms. The minimum Gasteiger partial charge on any atom is -0.455 e. The lowest BCUT2D eigenvalue weighted by Gasteiger charge is -2.17. The van der Waals surface area contributed by atoms with Crippen LogP contribution >= 0.6 is 0 Å². The maximum Gasteiger partial charge on any atom is 0.164 e. The number of aromatic nitrogens is 5. The molecule has 0 unspecified atom stereocenters. The molecule has 0 spiro atoms. The smallest absolute Gasteiger partial charge is 0.164 e. The first-order chi connectivity index (χ1) is 34.2. The Morgan fingerprint density at radius 2 is 0.754 bits per heavy atom. The number of furan rings is 1. The Bertz CT molecular complexity index is 4190. The van der Waals surface area contributed by atoms with Crippen LogP contribution in [0.15, 0.2) is 241 Å². The molecule has 322 valence electrons. The van der Waals surface area contributed by atoms with Crippen LogP contribution in [0.25, 0.3) is 133 Å². The molecule has 0 amide bonds. The Labute approximate surface area is 396 Å². The number of rotatable bonds is 7. The van der Waals surface area contributed by atoms with Gasteiger partial charge in [0.1, 0.15) is 11.2 Å². The molecular formula is C63H39N5O. The van der Waals surface area contributed by atoms with E-state index in [4.69, 9.17) is 19.4 Å². The number of fused-ring (bicyclic) bond motifs is 9. The second-order valence-electron chi connectivity index (χ2n) is 17.6. The first kappa shape index (κ1) is 38.8. The van der Waals surface area contributed by atoms with Gasteiger partial charge in [-0.3, -0.25) is 0 Å². The van der Waals surface area contributed by atoms with Gasteiger partial charge in [0.05, 0.1) is 22.1 Å². The molecule has 69 heavy (non-hydrogen) atoms. The maximum atomic E-state index is 7.03. The van der Waals surface area contributed by atoms with Crippen molar-refractivity contribution in [2.75, 3.05) is 0 Å². The lowest BCUT2D eigenvalue weighted by atomic mass is 9.95. The Morgan fingerprint density at radius 1 is 0.275 bits per heavy atom. The Kier molecular flexibility index (Phi) is 8.79. The van der Waals surface area contributed by atoms with E-state index >= 15 is 0 Å². The zero-order valence-corrected chi connectivity index (χ0v) is 37.2. The van der Waals surface area contributed by atoms with Crippen LogP contribution in [0.5, 0.6) is 0 Å². The summed E-state index contributed by atoms with van der Waals surface area (Å²) in [5.41, 5.74) is 14.9. The van der Waals surface area contributed by atoms with Gasteiger partial charge in [0.2, 0.25) is 0 Å². The summed E-state index contributed by atoms with van der Waals surface area (Å²) in [4.78, 5) is 15.8. The SMILES string of the molecule is c1ccc(-c2ccc3c4ccccc4n(-c4ccc(-c5nc(-c6ccccc6)nc(-c6ccccc6)n5)c(-c5cc(-n6c7ccccc7c7ccccc76)cc6c5oc5ccccc56)c4)c3c2)cc1. The molecule has 0 aliphatic carbocycles. The van der Waals surface area contributed by atoms with Crippen molar-refractivity contribution in [1.82, 2.24) is 24.1 Å². The van der Waals surface area contributed by atoms with Gasteiger partial charge in [-0.25, -0.2) is 15.0 Å². The van der Waals surface area contributed by atoms with Crippen molar-refractivity contribution in [3.05, 3.63) is 237 Å². The van der Waals surface area contributed by atoms with E-state index in [0.29, 0.717) is 17.5 Å². The first-order valence-corrected chi connectivity index (χ1v) is 23.3. The molecule has 14 rings (SSSR count). The first-order valence-electron chi connectivity index (χ1n) is 23.3. The predicted molar refractivity (Wildman–Crippen MR) is 283 cm³/mol. The van der Waals surface area contributed by atoms with Crippen LogP contribution in [-0.2, 0) is 0 Å². The molecule has 0 fully saturated rings. The van der Waals surface area contributed by atoms with Crippen molar-refractivity contribution in [3.8, 4) is 67.8 Å². The van der Waals surface area contributed by atoms with Crippen LogP contribution < -0.4 is 0 Å². The summed E-state index contributed by atoms with van der Waals surface area (Å²) < 4.78 is 11.8. The van der Waals surface area contributed by atoms with Crippen LogP contribution in [0.3, 0.4) is 0 Å². The minimum absolute atomic E-state index is 0.560. The third-order valence-electron chi connectivity index (χ3n) is 13.6. The number of hydrogen-bond acceptors (Lipinski definition) is 4. The molecule has 4 aromatic heterocycles. The van der Waals surface area contributed by atoms with Crippen molar-refractivity contribution in [3.63, 3.8) is 0 Å². The van der Waals surface area contributed by atoms with Gasteiger partial charge in [-0.05, 0) is 77.4 Å². The van der Waals surface area contributed by atoms with E-state index in [9.17, 15) is 0 Å². The summed E-state index contributed by atoms with van der Waals surface area (Å²) in [6.45, 7) is 0. The Balaban J connectivity index is 1.11. The lowest BCUT2D eigenvalue weighted by molar-refractivity contribution is 0.670.